The molecule has 7 heteroatoms. The van der Waals surface area contributed by atoms with Gasteiger partial charge in [-0.05, 0) is 30.8 Å². The summed E-state index contributed by atoms with van der Waals surface area (Å²) in [7, 11) is 2.05. The third-order valence-corrected chi connectivity index (χ3v) is 5.18. The van der Waals surface area contributed by atoms with E-state index >= 15 is 0 Å². The molecule has 2 aliphatic heterocycles. The molecule has 28 heavy (non-hydrogen) atoms. The van der Waals surface area contributed by atoms with Crippen molar-refractivity contribution < 1.29 is 14.4 Å². The van der Waals surface area contributed by atoms with Crippen LogP contribution in [0.2, 0.25) is 0 Å². The molecule has 2 aromatic rings. The number of hydrogen-bond donors (Lipinski definition) is 1. The topological polar surface area (TPSA) is 73.0 Å². The maximum Gasteiger partial charge on any atom is 0.265 e. The number of fused-ring (bicyclic) bond motifs is 1. The summed E-state index contributed by atoms with van der Waals surface area (Å²) in [4.78, 5) is 41.4. The van der Waals surface area contributed by atoms with E-state index in [1.807, 2.05) is 42.4 Å². The first kappa shape index (κ1) is 18.3. The molecule has 2 heterocycles. The Bertz CT molecular complexity index is 921. The first-order valence-electron chi connectivity index (χ1n) is 9.31. The molecule has 0 spiro atoms. The van der Waals surface area contributed by atoms with Crippen molar-refractivity contribution in [2.24, 2.45) is 0 Å². The monoisotopic (exact) mass is 378 g/mol. The lowest BCUT2D eigenvalue weighted by molar-refractivity contribution is 0.0640. The lowest BCUT2D eigenvalue weighted by atomic mass is 10.1. The average molecular weight is 378 g/mol. The van der Waals surface area contributed by atoms with Crippen LogP contribution in [0.1, 0.15) is 36.6 Å². The van der Waals surface area contributed by atoms with E-state index in [4.69, 9.17) is 0 Å². The van der Waals surface area contributed by atoms with Crippen LogP contribution < -0.4 is 5.43 Å². The van der Waals surface area contributed by atoms with Crippen LogP contribution in [0.25, 0.3) is 0 Å². The Hall–Kier alpha value is -3.03. The molecule has 0 atom stereocenters. The van der Waals surface area contributed by atoms with Crippen LogP contribution in [0.15, 0.2) is 48.5 Å². The molecule has 0 saturated carbocycles. The standard InChI is InChI=1S/C21H22N4O3/c1-23-9-11-24(12-10-23)22-19(26)16-7-8-17-18(13-16)21(28)25(20(17)27)14-15-5-3-2-4-6-15/h2-8,13H,9-12,14H2,1H3,(H,22,26). The van der Waals surface area contributed by atoms with Crippen LogP contribution in [0.3, 0.4) is 0 Å². The largest absolute Gasteiger partial charge is 0.304 e. The van der Waals surface area contributed by atoms with Crippen molar-refractivity contribution in [1.29, 1.82) is 0 Å². The molecule has 0 radical (unpaired) electrons. The van der Waals surface area contributed by atoms with E-state index < -0.39 is 0 Å². The summed E-state index contributed by atoms with van der Waals surface area (Å²) in [5, 5.41) is 1.88. The number of likely N-dealkylation sites (N-methyl/N-ethyl adjacent to an activating group) is 1. The van der Waals surface area contributed by atoms with Crippen molar-refractivity contribution in [2.45, 2.75) is 6.54 Å². The zero-order valence-corrected chi connectivity index (χ0v) is 15.7. The number of nitrogens with one attached hydrogen (secondary N) is 1. The number of imide groups is 1. The average Bonchev–Trinajstić information content (AvgIpc) is 2.95. The van der Waals surface area contributed by atoms with E-state index in [2.05, 4.69) is 10.3 Å². The fourth-order valence-corrected chi connectivity index (χ4v) is 3.47. The van der Waals surface area contributed by atoms with Crippen LogP contribution in [-0.2, 0) is 6.54 Å². The van der Waals surface area contributed by atoms with Crippen LogP contribution in [0.5, 0.6) is 0 Å². The number of nitrogens with zero attached hydrogens (tertiary/aromatic N) is 3. The summed E-state index contributed by atoms with van der Waals surface area (Å²) in [6, 6.07) is 14.1. The van der Waals surface area contributed by atoms with Crippen molar-refractivity contribution in [3.63, 3.8) is 0 Å². The molecule has 1 fully saturated rings. The predicted molar refractivity (Wildman–Crippen MR) is 104 cm³/mol. The van der Waals surface area contributed by atoms with Gasteiger partial charge in [0.15, 0.2) is 0 Å². The lowest BCUT2D eigenvalue weighted by Gasteiger charge is -2.32. The predicted octanol–water partition coefficient (Wildman–Crippen LogP) is 1.37. The van der Waals surface area contributed by atoms with Crippen molar-refractivity contribution in [3.8, 4) is 0 Å². The second-order valence-electron chi connectivity index (χ2n) is 7.17. The minimum atomic E-state index is -0.363. The van der Waals surface area contributed by atoms with E-state index in [-0.39, 0.29) is 29.8 Å². The Kier molecular flexibility index (Phi) is 4.93. The Balaban J connectivity index is 1.49. The molecule has 0 aromatic heterocycles. The van der Waals surface area contributed by atoms with E-state index in [9.17, 15) is 14.4 Å². The van der Waals surface area contributed by atoms with Gasteiger partial charge < -0.3 is 4.90 Å². The summed E-state index contributed by atoms with van der Waals surface area (Å²) in [6.07, 6.45) is 0. The number of carbonyl (C=O) groups excluding carboxylic acids is 3. The lowest BCUT2D eigenvalue weighted by Crippen LogP contribution is -2.52. The van der Waals surface area contributed by atoms with E-state index in [0.717, 1.165) is 31.7 Å². The zero-order chi connectivity index (χ0) is 19.7. The fraction of sp³-hybridized carbons (Fsp3) is 0.286. The van der Waals surface area contributed by atoms with Gasteiger partial charge in [0.05, 0.1) is 17.7 Å². The normalized spacial score (nSPS) is 17.7. The number of amides is 3. The third-order valence-electron chi connectivity index (χ3n) is 5.18. The number of piperazine rings is 1. The van der Waals surface area contributed by atoms with Crippen molar-refractivity contribution in [3.05, 3.63) is 70.8 Å². The van der Waals surface area contributed by atoms with Crippen molar-refractivity contribution in [2.75, 3.05) is 33.2 Å². The number of hydrazine groups is 1. The van der Waals surface area contributed by atoms with E-state index in [1.54, 1.807) is 12.1 Å². The summed E-state index contributed by atoms with van der Waals surface area (Å²) in [5.74, 6) is -0.956. The highest BCUT2D eigenvalue weighted by Crippen LogP contribution is 2.25. The van der Waals surface area contributed by atoms with Crippen LogP contribution in [0.4, 0.5) is 0 Å². The maximum atomic E-state index is 12.8. The Morgan fingerprint density at radius 1 is 0.929 bits per heavy atom. The number of benzene rings is 2. The maximum absolute atomic E-state index is 12.8. The Labute approximate surface area is 163 Å². The van der Waals surface area contributed by atoms with Crippen molar-refractivity contribution in [1.82, 2.24) is 20.2 Å². The Morgan fingerprint density at radius 3 is 2.32 bits per heavy atom. The molecule has 0 unspecified atom stereocenters. The fourth-order valence-electron chi connectivity index (χ4n) is 3.47. The number of carbonyl (C=O) groups is 3. The van der Waals surface area contributed by atoms with E-state index in [0.29, 0.717) is 11.1 Å². The summed E-state index contributed by atoms with van der Waals surface area (Å²) < 4.78 is 0. The minimum Gasteiger partial charge on any atom is -0.304 e. The van der Waals surface area contributed by atoms with Crippen molar-refractivity contribution >= 4 is 17.7 Å². The molecule has 4 rings (SSSR count). The van der Waals surface area contributed by atoms with Crippen LogP contribution in [-0.4, -0.2) is 65.8 Å². The Morgan fingerprint density at radius 2 is 1.61 bits per heavy atom. The molecule has 7 nitrogen and oxygen atoms in total. The van der Waals surface area contributed by atoms with E-state index in [1.165, 1.54) is 11.0 Å². The molecule has 1 N–H and O–H groups in total. The molecule has 0 bridgehead atoms. The quantitative estimate of drug-likeness (QED) is 0.814. The molecule has 3 amide bonds. The molecule has 2 aliphatic rings. The summed E-state index contributed by atoms with van der Waals surface area (Å²) in [5.41, 5.74) is 4.77. The summed E-state index contributed by atoms with van der Waals surface area (Å²) >= 11 is 0. The van der Waals surface area contributed by atoms with Crippen LogP contribution in [0, 0.1) is 0 Å². The highest BCUT2D eigenvalue weighted by atomic mass is 16.2. The van der Waals surface area contributed by atoms with Gasteiger partial charge in [-0.2, -0.15) is 0 Å². The molecule has 2 aromatic carbocycles. The molecule has 144 valence electrons. The van der Waals surface area contributed by atoms with Gasteiger partial charge in [0.1, 0.15) is 0 Å². The third kappa shape index (κ3) is 3.54. The number of rotatable bonds is 4. The highest BCUT2D eigenvalue weighted by Gasteiger charge is 2.36. The summed E-state index contributed by atoms with van der Waals surface area (Å²) in [6.45, 7) is 3.47. The minimum absolute atomic E-state index is 0.218. The van der Waals surface area contributed by atoms with Gasteiger partial charge in [0.25, 0.3) is 17.7 Å². The van der Waals surface area contributed by atoms with Gasteiger partial charge in [-0.3, -0.25) is 24.7 Å². The van der Waals surface area contributed by atoms with Gasteiger partial charge in [-0.1, -0.05) is 30.3 Å². The molecule has 0 aliphatic carbocycles. The second-order valence-corrected chi connectivity index (χ2v) is 7.17. The molecular weight excluding hydrogens is 356 g/mol. The SMILES string of the molecule is CN1CCN(NC(=O)c2ccc3c(c2)C(=O)N(Cc2ccccc2)C3=O)CC1. The van der Waals surface area contributed by atoms with Gasteiger partial charge in [0, 0.05) is 31.7 Å². The smallest absolute Gasteiger partial charge is 0.265 e. The molecular formula is C21H22N4O3. The highest BCUT2D eigenvalue weighted by molar-refractivity contribution is 6.22. The second kappa shape index (κ2) is 7.53. The van der Waals surface area contributed by atoms with Gasteiger partial charge >= 0.3 is 0 Å². The first-order valence-corrected chi connectivity index (χ1v) is 9.31. The van der Waals surface area contributed by atoms with Gasteiger partial charge in [0.2, 0.25) is 0 Å². The number of hydrogen-bond acceptors (Lipinski definition) is 5. The molecule has 1 saturated heterocycles. The van der Waals surface area contributed by atoms with Gasteiger partial charge in [-0.15, -0.1) is 0 Å². The zero-order valence-electron chi connectivity index (χ0n) is 15.7. The van der Waals surface area contributed by atoms with Crippen LogP contribution >= 0.6 is 0 Å². The first-order chi connectivity index (χ1) is 13.5. The van der Waals surface area contributed by atoms with Gasteiger partial charge in [-0.25, -0.2) is 5.01 Å².